The molecular weight excluding hydrogens is 598 g/mol. The number of aromatic nitrogens is 3. The summed E-state index contributed by atoms with van der Waals surface area (Å²) in [4.78, 5) is 46.6. The predicted molar refractivity (Wildman–Crippen MR) is 173 cm³/mol. The fourth-order valence-electron chi connectivity index (χ4n) is 5.16. The van der Waals surface area contributed by atoms with Crippen molar-refractivity contribution in [3.63, 3.8) is 0 Å². The number of fused-ring (bicyclic) bond motifs is 2. The van der Waals surface area contributed by atoms with Crippen LogP contribution in [0.3, 0.4) is 0 Å². The number of anilines is 1. The van der Waals surface area contributed by atoms with Gasteiger partial charge in [0.2, 0.25) is 5.91 Å². The van der Waals surface area contributed by atoms with Crippen molar-refractivity contribution in [1.29, 1.82) is 0 Å². The fraction of sp³-hybridized carbons (Fsp3) is 0.242. The molecule has 6 rings (SSSR count). The molecule has 11 heteroatoms. The zero-order valence-corrected chi connectivity index (χ0v) is 25.7. The average molecular weight is 628 g/mol. The van der Waals surface area contributed by atoms with Crippen LogP contribution >= 0.6 is 23.4 Å². The lowest BCUT2D eigenvalue weighted by atomic mass is 9.98. The largest absolute Gasteiger partial charge is 0.480 e. The standard InChI is InChI=1S/C33H30ClN5O4S/c1-3-33(2,31(42)43)38-30(41)20-12-14-25(24(34)17-20)36-28(40)18-44-32-37-29-27(9-6-16-35-29)39(32)26-15-13-21(19-10-11-19)22-7-4-5-8-23(22)26/h4-9,12-17,19H,3,10-11,18H2,1-2H3,(H,36,40)(H,38,41)(H,42,43). The molecule has 2 amide bonds. The van der Waals surface area contributed by atoms with E-state index >= 15 is 0 Å². The Hall–Kier alpha value is -4.41. The number of carboxylic acids is 1. The summed E-state index contributed by atoms with van der Waals surface area (Å²) in [6.45, 7) is 3.12. The van der Waals surface area contributed by atoms with Crippen LogP contribution in [0, 0.1) is 0 Å². The van der Waals surface area contributed by atoms with Crippen LogP contribution < -0.4 is 10.6 Å². The number of carbonyl (C=O) groups excluding carboxylic acids is 2. The number of aliphatic carboxylic acids is 1. The van der Waals surface area contributed by atoms with Gasteiger partial charge in [0.15, 0.2) is 10.8 Å². The van der Waals surface area contributed by atoms with Crippen LogP contribution in [0.25, 0.3) is 27.6 Å². The molecule has 1 unspecified atom stereocenters. The summed E-state index contributed by atoms with van der Waals surface area (Å²) in [6.07, 6.45) is 4.33. The Bertz CT molecular complexity index is 1940. The molecule has 1 atom stereocenters. The van der Waals surface area contributed by atoms with Crippen LogP contribution in [0.4, 0.5) is 5.69 Å². The first-order chi connectivity index (χ1) is 21.2. The van der Waals surface area contributed by atoms with E-state index in [-0.39, 0.29) is 28.7 Å². The summed E-state index contributed by atoms with van der Waals surface area (Å²) in [6, 6.07) is 21.0. The van der Waals surface area contributed by atoms with Crippen LogP contribution in [0.1, 0.15) is 54.9 Å². The van der Waals surface area contributed by atoms with Gasteiger partial charge in [0.1, 0.15) is 5.54 Å². The zero-order valence-electron chi connectivity index (χ0n) is 24.1. The number of rotatable bonds is 10. The van der Waals surface area contributed by atoms with Crippen LogP contribution in [0.5, 0.6) is 0 Å². The van der Waals surface area contributed by atoms with E-state index in [1.54, 1.807) is 13.1 Å². The second kappa shape index (κ2) is 11.9. The summed E-state index contributed by atoms with van der Waals surface area (Å²) in [7, 11) is 0. The summed E-state index contributed by atoms with van der Waals surface area (Å²) < 4.78 is 2.06. The van der Waals surface area contributed by atoms with Gasteiger partial charge in [0.25, 0.3) is 5.91 Å². The van der Waals surface area contributed by atoms with Gasteiger partial charge in [-0.3, -0.25) is 14.2 Å². The van der Waals surface area contributed by atoms with Crippen molar-refractivity contribution >= 4 is 68.8 Å². The number of pyridine rings is 1. The van der Waals surface area contributed by atoms with Crippen molar-refractivity contribution in [2.24, 2.45) is 0 Å². The number of benzene rings is 3. The van der Waals surface area contributed by atoms with Crippen molar-refractivity contribution < 1.29 is 19.5 Å². The smallest absolute Gasteiger partial charge is 0.329 e. The molecule has 0 bridgehead atoms. The third kappa shape index (κ3) is 5.75. The highest BCUT2D eigenvalue weighted by atomic mass is 35.5. The number of nitrogens with zero attached hydrogens (tertiary/aromatic N) is 3. The van der Waals surface area contributed by atoms with E-state index in [1.165, 1.54) is 60.7 Å². The molecule has 3 aromatic carbocycles. The van der Waals surface area contributed by atoms with Gasteiger partial charge in [-0.15, -0.1) is 0 Å². The van der Waals surface area contributed by atoms with Gasteiger partial charge in [-0.1, -0.05) is 60.6 Å². The normalized spacial score (nSPS) is 14.3. The lowest BCUT2D eigenvalue weighted by molar-refractivity contribution is -0.143. The maximum atomic E-state index is 13.1. The minimum Gasteiger partial charge on any atom is -0.480 e. The van der Waals surface area contributed by atoms with Gasteiger partial charge in [0, 0.05) is 17.1 Å². The number of nitrogens with one attached hydrogen (secondary N) is 2. The van der Waals surface area contributed by atoms with Crippen molar-refractivity contribution in [2.45, 2.75) is 49.7 Å². The molecule has 0 saturated heterocycles. The lowest BCUT2D eigenvalue weighted by Crippen LogP contribution is -2.51. The first-order valence-corrected chi connectivity index (χ1v) is 15.7. The van der Waals surface area contributed by atoms with Crippen LogP contribution in [-0.2, 0) is 9.59 Å². The Morgan fingerprint density at radius 1 is 1.07 bits per heavy atom. The second-order valence-electron chi connectivity index (χ2n) is 11.0. The molecule has 0 spiro atoms. The number of imidazole rings is 1. The zero-order chi connectivity index (χ0) is 31.0. The number of carboxylic acid groups (broad SMARTS) is 1. The number of thioether (sulfide) groups is 1. The Morgan fingerprint density at radius 3 is 2.55 bits per heavy atom. The number of hydrogen-bond donors (Lipinski definition) is 3. The van der Waals surface area contributed by atoms with Gasteiger partial charge >= 0.3 is 5.97 Å². The molecule has 1 aliphatic carbocycles. The summed E-state index contributed by atoms with van der Waals surface area (Å²) in [5.41, 5.74) is 2.88. The Kier molecular flexibility index (Phi) is 8.04. The topological polar surface area (TPSA) is 126 Å². The van der Waals surface area contributed by atoms with E-state index in [0.29, 0.717) is 22.4 Å². The van der Waals surface area contributed by atoms with Gasteiger partial charge in [0.05, 0.1) is 27.7 Å². The molecule has 3 N–H and O–H groups in total. The predicted octanol–water partition coefficient (Wildman–Crippen LogP) is 6.82. The van der Waals surface area contributed by atoms with Crippen LogP contribution in [-0.4, -0.2) is 48.7 Å². The Morgan fingerprint density at radius 2 is 1.84 bits per heavy atom. The Labute approximate surface area is 263 Å². The molecule has 5 aromatic rings. The number of hydrogen-bond acceptors (Lipinski definition) is 6. The van der Waals surface area contributed by atoms with E-state index in [9.17, 15) is 19.5 Å². The second-order valence-corrected chi connectivity index (χ2v) is 12.4. The molecular formula is C33H30ClN5O4S. The molecule has 1 saturated carbocycles. The fourth-order valence-corrected chi connectivity index (χ4v) is 6.20. The van der Waals surface area contributed by atoms with Crippen molar-refractivity contribution in [3.8, 4) is 5.69 Å². The molecule has 1 fully saturated rings. The maximum absolute atomic E-state index is 13.1. The van der Waals surface area contributed by atoms with E-state index in [2.05, 4.69) is 50.5 Å². The van der Waals surface area contributed by atoms with E-state index in [4.69, 9.17) is 16.6 Å². The Balaban J connectivity index is 1.22. The number of halogens is 1. The van der Waals surface area contributed by atoms with Crippen molar-refractivity contribution in [1.82, 2.24) is 19.9 Å². The van der Waals surface area contributed by atoms with E-state index in [0.717, 1.165) is 16.6 Å². The van der Waals surface area contributed by atoms with Crippen molar-refractivity contribution in [2.75, 3.05) is 11.1 Å². The summed E-state index contributed by atoms with van der Waals surface area (Å²) in [5.74, 6) is -1.36. The molecule has 0 aliphatic heterocycles. The van der Waals surface area contributed by atoms with Crippen molar-refractivity contribution in [3.05, 3.63) is 89.1 Å². The SMILES string of the molecule is CCC(C)(NC(=O)c1ccc(NC(=O)CSc2nc3ncccc3n2-c2ccc(C3CC3)c3ccccc23)c(Cl)c1)C(=O)O. The van der Waals surface area contributed by atoms with Gasteiger partial charge in [-0.2, -0.15) is 0 Å². The van der Waals surface area contributed by atoms with Gasteiger partial charge in [-0.05, 0) is 79.5 Å². The maximum Gasteiger partial charge on any atom is 0.329 e. The highest BCUT2D eigenvalue weighted by Crippen LogP contribution is 2.44. The minimum absolute atomic E-state index is 0.0491. The third-order valence-corrected chi connectivity index (χ3v) is 9.25. The highest BCUT2D eigenvalue weighted by Gasteiger charge is 2.33. The monoisotopic (exact) mass is 627 g/mol. The quantitative estimate of drug-likeness (QED) is 0.145. The average Bonchev–Trinajstić information content (AvgIpc) is 3.80. The minimum atomic E-state index is -1.41. The van der Waals surface area contributed by atoms with Crippen LogP contribution in [0.15, 0.2) is 78.1 Å². The molecule has 2 aromatic heterocycles. The number of carbonyl (C=O) groups is 3. The molecule has 1 aliphatic rings. The molecule has 9 nitrogen and oxygen atoms in total. The summed E-state index contributed by atoms with van der Waals surface area (Å²) in [5, 5.41) is 17.9. The lowest BCUT2D eigenvalue weighted by Gasteiger charge is -2.24. The third-order valence-electron chi connectivity index (χ3n) is 8.00. The summed E-state index contributed by atoms with van der Waals surface area (Å²) >= 11 is 7.70. The van der Waals surface area contributed by atoms with Gasteiger partial charge in [-0.25, -0.2) is 14.8 Å². The first-order valence-electron chi connectivity index (χ1n) is 14.3. The van der Waals surface area contributed by atoms with Crippen LogP contribution in [0.2, 0.25) is 5.02 Å². The molecule has 44 heavy (non-hydrogen) atoms. The molecule has 224 valence electrons. The highest BCUT2D eigenvalue weighted by molar-refractivity contribution is 7.99. The van der Waals surface area contributed by atoms with E-state index < -0.39 is 17.4 Å². The number of amides is 2. The van der Waals surface area contributed by atoms with Gasteiger partial charge < -0.3 is 15.7 Å². The van der Waals surface area contributed by atoms with E-state index in [1.807, 2.05) is 18.2 Å². The molecule has 2 heterocycles. The molecule has 0 radical (unpaired) electrons. The first kappa shape index (κ1) is 29.7.